The Morgan fingerprint density at radius 1 is 1.04 bits per heavy atom. The van der Waals surface area contributed by atoms with E-state index in [1.807, 2.05) is 0 Å². The van der Waals surface area contributed by atoms with Crippen molar-refractivity contribution in [2.75, 3.05) is 11.4 Å². The van der Waals surface area contributed by atoms with Crippen LogP contribution in [0.1, 0.15) is 42.4 Å². The number of anilines is 1. The molecule has 2 nitrogen and oxygen atoms in total. The second-order valence-electron chi connectivity index (χ2n) is 5.91. The molecule has 2 radical (unpaired) electrons. The van der Waals surface area contributed by atoms with Crippen molar-refractivity contribution in [3.8, 4) is 0 Å². The molecule has 1 aliphatic rings. The first-order valence-corrected chi connectivity index (χ1v) is 13.4. The number of rotatable bonds is 7. The molecule has 0 atom stereocenters. The molecular formula is C18H24Cl2N2Ru. The number of hydrogen-bond acceptors (Lipinski definition) is 2. The van der Waals surface area contributed by atoms with Gasteiger partial charge in [-0.15, -0.1) is 0 Å². The van der Waals surface area contributed by atoms with Gasteiger partial charge in [0.15, 0.2) is 0 Å². The monoisotopic (exact) mass is 440 g/mol. The van der Waals surface area contributed by atoms with Crippen molar-refractivity contribution in [2.45, 2.75) is 46.5 Å². The van der Waals surface area contributed by atoms with E-state index in [0.29, 0.717) is 0 Å². The molecule has 0 saturated heterocycles. The summed E-state index contributed by atoms with van der Waals surface area (Å²) in [5, 5.41) is 0. The number of hydrogen-bond donors (Lipinski definition) is 0. The number of halogens is 2. The van der Waals surface area contributed by atoms with Gasteiger partial charge in [0.1, 0.15) is 0 Å². The molecule has 0 aliphatic carbocycles. The molecule has 0 fully saturated rings. The molecule has 0 N–H and O–H groups in total. The van der Waals surface area contributed by atoms with Crippen LogP contribution >= 0.6 is 19.4 Å². The first kappa shape index (κ1) is 19.0. The fraction of sp³-hybridized carbons (Fsp3) is 0.444. The second-order valence-corrected chi connectivity index (χ2v) is 11.8. The number of unbranched alkanes of at least 4 members (excludes halogenated alkanes) is 3. The molecule has 128 valence electrons. The summed E-state index contributed by atoms with van der Waals surface area (Å²) >= 11 is -1.56. The first-order chi connectivity index (χ1) is 11.0. The third-order valence-electron chi connectivity index (χ3n) is 3.82. The Morgan fingerprint density at radius 3 is 2.39 bits per heavy atom. The summed E-state index contributed by atoms with van der Waals surface area (Å²) in [4.78, 5) is 4.25. The fourth-order valence-electron chi connectivity index (χ4n) is 2.91. The summed E-state index contributed by atoms with van der Waals surface area (Å²) in [6.45, 7) is 10.9. The van der Waals surface area contributed by atoms with E-state index in [2.05, 4.69) is 66.4 Å². The summed E-state index contributed by atoms with van der Waals surface area (Å²) in [6, 6.07) is 4.45. The fourth-order valence-corrected chi connectivity index (χ4v) is 4.55. The molecule has 0 aromatic heterocycles. The van der Waals surface area contributed by atoms with Crippen molar-refractivity contribution < 1.29 is 13.5 Å². The second kappa shape index (κ2) is 9.20. The van der Waals surface area contributed by atoms with Crippen LogP contribution in [-0.4, -0.2) is 16.1 Å². The van der Waals surface area contributed by atoms with E-state index >= 15 is 0 Å². The molecule has 1 aliphatic heterocycles. The number of nitrogens with zero attached hydrogens (tertiary/aromatic N) is 2. The van der Waals surface area contributed by atoms with E-state index in [1.165, 1.54) is 35.2 Å². The third kappa shape index (κ3) is 5.89. The van der Waals surface area contributed by atoms with Crippen LogP contribution in [0.4, 0.5) is 5.69 Å². The Kier molecular flexibility index (Phi) is 7.59. The van der Waals surface area contributed by atoms with Crippen LogP contribution in [0.5, 0.6) is 0 Å². The molecule has 1 heterocycles. The number of aryl methyl sites for hydroxylation is 3. The molecule has 5 heteroatoms. The van der Waals surface area contributed by atoms with Gasteiger partial charge in [-0.25, -0.2) is 0 Å². The molecule has 0 amide bonds. The average molecular weight is 440 g/mol. The average Bonchev–Trinajstić information content (AvgIpc) is 2.89. The maximum absolute atomic E-state index is 5.82. The summed E-state index contributed by atoms with van der Waals surface area (Å²) in [6.07, 6.45) is 8.76. The van der Waals surface area contributed by atoms with Crippen LogP contribution < -0.4 is 4.90 Å². The zero-order chi connectivity index (χ0) is 16.8. The van der Waals surface area contributed by atoms with Gasteiger partial charge in [-0.3, -0.25) is 0 Å². The van der Waals surface area contributed by atoms with E-state index in [4.69, 9.17) is 19.4 Å². The molecule has 23 heavy (non-hydrogen) atoms. The molecule has 1 aromatic carbocycles. The summed E-state index contributed by atoms with van der Waals surface area (Å²) in [5.41, 5.74) is 5.13. The molecule has 1 aromatic rings. The molecule has 0 saturated carbocycles. The maximum atomic E-state index is 5.82. The van der Waals surface area contributed by atoms with Crippen molar-refractivity contribution in [1.82, 2.24) is 4.90 Å². The minimum atomic E-state index is -1.56. The SMILES string of the molecule is Cc1cc(C)c(N2[C]N(CCCCC[CH]=[Ru]([Cl])[Cl])C=C2)c(C)c1. The van der Waals surface area contributed by atoms with Gasteiger partial charge >= 0.3 is 141 Å². The van der Waals surface area contributed by atoms with Gasteiger partial charge in [0.2, 0.25) is 0 Å². The predicted molar refractivity (Wildman–Crippen MR) is 98.5 cm³/mol. The van der Waals surface area contributed by atoms with Gasteiger partial charge in [-0.2, -0.15) is 0 Å². The van der Waals surface area contributed by atoms with Gasteiger partial charge in [0.25, 0.3) is 0 Å². The standard InChI is InChI=1S/C18H24N2.2ClH.Ru/c1-5-6-7-8-9-19-10-11-20(14-19)18-16(3)12-15(2)13-17(18)4;;;/h1,10-13H,5-9H2,2-4H3;2*1H;/q;;;+2/p-2. The van der Waals surface area contributed by atoms with E-state index in [1.54, 1.807) is 0 Å². The zero-order valence-electron chi connectivity index (χ0n) is 13.9. The van der Waals surface area contributed by atoms with E-state index in [9.17, 15) is 0 Å². The van der Waals surface area contributed by atoms with Crippen molar-refractivity contribution >= 4 is 29.7 Å². The van der Waals surface area contributed by atoms with Crippen LogP contribution in [0, 0.1) is 27.4 Å². The van der Waals surface area contributed by atoms with Crippen molar-refractivity contribution in [3.05, 3.63) is 47.9 Å². The molecule has 0 bridgehead atoms. The zero-order valence-corrected chi connectivity index (χ0v) is 17.2. The van der Waals surface area contributed by atoms with Crippen molar-refractivity contribution in [2.24, 2.45) is 0 Å². The molecule has 0 unspecified atom stereocenters. The third-order valence-corrected chi connectivity index (χ3v) is 6.15. The summed E-state index contributed by atoms with van der Waals surface area (Å²) in [7, 11) is 11.6. The first-order valence-electron chi connectivity index (χ1n) is 7.87. The van der Waals surface area contributed by atoms with Gasteiger partial charge in [-0.05, 0) is 6.92 Å². The van der Waals surface area contributed by atoms with Crippen LogP contribution in [0.15, 0.2) is 24.5 Å². The van der Waals surface area contributed by atoms with E-state index in [-0.39, 0.29) is 0 Å². The van der Waals surface area contributed by atoms with E-state index < -0.39 is 13.5 Å². The molecule has 2 rings (SSSR count). The predicted octanol–water partition coefficient (Wildman–Crippen LogP) is 5.49. The van der Waals surface area contributed by atoms with E-state index in [0.717, 1.165) is 19.4 Å². The number of benzene rings is 1. The Bertz CT molecular complexity index is 572. The quantitative estimate of drug-likeness (QED) is 0.409. The summed E-state index contributed by atoms with van der Waals surface area (Å²) < 4.78 is 2.09. The van der Waals surface area contributed by atoms with Crippen molar-refractivity contribution in [3.63, 3.8) is 0 Å². The normalized spacial score (nSPS) is 14.6. The minimum absolute atomic E-state index is 1.000. The Hall–Kier alpha value is -0.367. The van der Waals surface area contributed by atoms with Gasteiger partial charge in [-0.1, -0.05) is 5.56 Å². The van der Waals surface area contributed by atoms with Gasteiger partial charge in [0, 0.05) is 0 Å². The van der Waals surface area contributed by atoms with Crippen LogP contribution in [-0.2, 0) is 13.5 Å². The molecular weight excluding hydrogens is 416 g/mol. The topological polar surface area (TPSA) is 6.48 Å². The van der Waals surface area contributed by atoms with Crippen LogP contribution in [0.2, 0.25) is 0 Å². The van der Waals surface area contributed by atoms with Crippen LogP contribution in [0.3, 0.4) is 0 Å². The van der Waals surface area contributed by atoms with Crippen molar-refractivity contribution in [1.29, 1.82) is 0 Å². The Balaban J connectivity index is 1.79. The van der Waals surface area contributed by atoms with Crippen LogP contribution in [0.25, 0.3) is 0 Å². The molecule has 0 spiro atoms. The Labute approximate surface area is 153 Å². The van der Waals surface area contributed by atoms with Gasteiger partial charge < -0.3 is 0 Å². The summed E-state index contributed by atoms with van der Waals surface area (Å²) in [5.74, 6) is 0. The van der Waals surface area contributed by atoms with Gasteiger partial charge in [0.05, 0.1) is 0 Å². The Morgan fingerprint density at radius 2 is 1.74 bits per heavy atom.